The van der Waals surface area contributed by atoms with Crippen LogP contribution in [0.1, 0.15) is 44.1 Å². The predicted octanol–water partition coefficient (Wildman–Crippen LogP) is 1.38. The van der Waals surface area contributed by atoms with Gasteiger partial charge in [0.05, 0.1) is 6.54 Å². The second kappa shape index (κ2) is 7.85. The van der Waals surface area contributed by atoms with Crippen molar-refractivity contribution in [1.82, 2.24) is 10.2 Å². The van der Waals surface area contributed by atoms with E-state index in [1.54, 1.807) is 4.90 Å². The van der Waals surface area contributed by atoms with Crippen LogP contribution in [-0.2, 0) is 16.0 Å². The van der Waals surface area contributed by atoms with Gasteiger partial charge in [0.15, 0.2) is 11.6 Å². The van der Waals surface area contributed by atoms with Gasteiger partial charge in [-0.05, 0) is 62.5 Å². The summed E-state index contributed by atoms with van der Waals surface area (Å²) in [6.07, 6.45) is 3.88. The second-order valence-corrected chi connectivity index (χ2v) is 8.86. The van der Waals surface area contributed by atoms with Gasteiger partial charge < -0.3 is 21.1 Å². The Hall–Kier alpha value is -2.13. The Labute approximate surface area is 172 Å². The lowest BCUT2D eigenvalue weighted by Crippen LogP contribution is -2.53. The third-order valence-electron chi connectivity index (χ3n) is 6.75. The summed E-state index contributed by atoms with van der Waals surface area (Å²) in [4.78, 5) is 26.3. The van der Waals surface area contributed by atoms with Crippen LogP contribution in [-0.4, -0.2) is 52.1 Å². The Morgan fingerprint density at radius 3 is 2.33 bits per heavy atom. The minimum absolute atomic E-state index is 0.0111. The fourth-order valence-corrected chi connectivity index (χ4v) is 4.87. The van der Waals surface area contributed by atoms with Crippen molar-refractivity contribution in [3.63, 3.8) is 0 Å². The van der Waals surface area contributed by atoms with E-state index in [1.807, 2.05) is 0 Å². The average Bonchev–Trinajstić information content (AvgIpc) is 3.40. The van der Waals surface area contributed by atoms with E-state index in [0.29, 0.717) is 31.7 Å². The first-order valence-electron chi connectivity index (χ1n) is 10.4. The maximum Gasteiger partial charge on any atom is 0.252 e. The second-order valence-electron chi connectivity index (χ2n) is 8.86. The van der Waals surface area contributed by atoms with Gasteiger partial charge in [-0.15, -0.1) is 0 Å². The first-order chi connectivity index (χ1) is 14.2. The number of amides is 2. The minimum Gasteiger partial charge on any atom is -0.380 e. The van der Waals surface area contributed by atoms with Gasteiger partial charge in [0.1, 0.15) is 11.4 Å². The van der Waals surface area contributed by atoms with E-state index in [-0.39, 0.29) is 42.4 Å². The summed E-state index contributed by atoms with van der Waals surface area (Å²) in [6.45, 7) is -0.148. The molecule has 3 aliphatic rings. The Kier molecular flexibility index (Phi) is 5.52. The van der Waals surface area contributed by atoms with E-state index < -0.39 is 35.0 Å². The predicted molar refractivity (Wildman–Crippen MR) is 102 cm³/mol. The van der Waals surface area contributed by atoms with Crippen molar-refractivity contribution in [2.45, 2.75) is 68.7 Å². The fraction of sp³-hybridized carbons (Fsp3) is 0.619. The van der Waals surface area contributed by atoms with E-state index >= 15 is 0 Å². The van der Waals surface area contributed by atoms with Gasteiger partial charge in [-0.25, -0.2) is 13.2 Å². The third kappa shape index (κ3) is 4.05. The number of hydrogen-bond acceptors (Lipinski definition) is 4. The highest BCUT2D eigenvalue weighted by Gasteiger charge is 2.49. The van der Waals surface area contributed by atoms with Crippen molar-refractivity contribution in [2.75, 3.05) is 6.54 Å². The molecule has 164 valence electrons. The molecule has 0 radical (unpaired) electrons. The summed E-state index contributed by atoms with van der Waals surface area (Å²) in [5, 5.41) is 12.3. The number of nitrogens with zero attached hydrogens (tertiary/aromatic N) is 1. The van der Waals surface area contributed by atoms with Crippen LogP contribution in [0, 0.1) is 23.4 Å². The number of carbonyl (C=O) groups is 2. The molecule has 30 heavy (non-hydrogen) atoms. The molecule has 4 atom stereocenters. The van der Waals surface area contributed by atoms with Gasteiger partial charge in [0.25, 0.3) is 5.91 Å². The number of benzene rings is 1. The van der Waals surface area contributed by atoms with Crippen LogP contribution in [0.5, 0.6) is 0 Å². The smallest absolute Gasteiger partial charge is 0.252 e. The van der Waals surface area contributed by atoms with E-state index in [4.69, 9.17) is 5.73 Å². The van der Waals surface area contributed by atoms with Crippen LogP contribution in [0.2, 0.25) is 0 Å². The van der Waals surface area contributed by atoms with Crippen molar-refractivity contribution in [3.8, 4) is 0 Å². The molecule has 3 fully saturated rings. The largest absolute Gasteiger partial charge is 0.380 e. The van der Waals surface area contributed by atoms with Crippen LogP contribution < -0.4 is 11.1 Å². The van der Waals surface area contributed by atoms with Crippen molar-refractivity contribution >= 4 is 11.8 Å². The van der Waals surface area contributed by atoms with Crippen LogP contribution in [0.3, 0.4) is 0 Å². The van der Waals surface area contributed by atoms with Crippen molar-refractivity contribution in [2.24, 2.45) is 11.7 Å². The van der Waals surface area contributed by atoms with Gasteiger partial charge in [-0.3, -0.25) is 9.59 Å². The number of nitrogens with one attached hydrogen (secondary N) is 1. The summed E-state index contributed by atoms with van der Waals surface area (Å²) < 4.78 is 40.6. The standard InChI is InChI=1S/C21H26F3N3O3/c22-15-9-17(24)16(23)7-11(15)8-18(25)12-5-13-1-2-14(6-12)27(13)19(28)10-26-20(29)21(30)3-4-21/h7,9,12-14,18,30H,1-6,8,10,25H2,(H,26,29)/t12-,13-,14+,18-/m1/s1. The minimum atomic E-state index is -1.31. The van der Waals surface area contributed by atoms with Crippen LogP contribution >= 0.6 is 0 Å². The molecule has 2 heterocycles. The number of hydrogen-bond donors (Lipinski definition) is 3. The Bertz CT molecular complexity index is 847. The Morgan fingerprint density at radius 2 is 1.73 bits per heavy atom. The lowest BCUT2D eigenvalue weighted by atomic mass is 9.82. The molecule has 4 N–H and O–H groups in total. The normalized spacial score (nSPS) is 27.6. The number of nitrogens with two attached hydrogens (primary N) is 1. The molecule has 1 aliphatic carbocycles. The van der Waals surface area contributed by atoms with Crippen molar-refractivity contribution in [3.05, 3.63) is 35.1 Å². The molecule has 1 aromatic carbocycles. The van der Waals surface area contributed by atoms with Crippen LogP contribution in [0.4, 0.5) is 13.2 Å². The number of fused-ring (bicyclic) bond motifs is 2. The highest BCUT2D eigenvalue weighted by Crippen LogP contribution is 2.40. The first kappa shape index (κ1) is 21.1. The van der Waals surface area contributed by atoms with E-state index in [2.05, 4.69) is 5.32 Å². The molecule has 2 saturated heterocycles. The molecule has 9 heteroatoms. The summed E-state index contributed by atoms with van der Waals surface area (Å²) in [7, 11) is 0. The number of carbonyl (C=O) groups excluding carboxylic acids is 2. The average molecular weight is 425 g/mol. The molecule has 6 nitrogen and oxygen atoms in total. The van der Waals surface area contributed by atoms with Crippen LogP contribution in [0.15, 0.2) is 12.1 Å². The summed E-state index contributed by atoms with van der Waals surface area (Å²) in [5.74, 6) is -3.80. The Balaban J connectivity index is 1.34. The monoisotopic (exact) mass is 425 g/mol. The van der Waals surface area contributed by atoms with Gasteiger partial charge >= 0.3 is 0 Å². The zero-order valence-corrected chi connectivity index (χ0v) is 16.5. The maximum absolute atomic E-state index is 14.0. The summed E-state index contributed by atoms with van der Waals surface area (Å²) >= 11 is 0. The molecule has 1 saturated carbocycles. The molecule has 0 spiro atoms. The molecule has 0 aromatic heterocycles. The molecule has 2 bridgehead atoms. The third-order valence-corrected chi connectivity index (χ3v) is 6.75. The summed E-state index contributed by atoms with van der Waals surface area (Å²) in [5.41, 5.74) is 5.03. The van der Waals surface area contributed by atoms with Gasteiger partial charge in [0, 0.05) is 24.2 Å². The number of piperidine rings is 1. The molecule has 2 amide bonds. The quantitative estimate of drug-likeness (QED) is 0.600. The molecular formula is C21H26F3N3O3. The zero-order valence-electron chi connectivity index (χ0n) is 16.5. The van der Waals surface area contributed by atoms with Crippen molar-refractivity contribution < 1.29 is 27.9 Å². The maximum atomic E-state index is 14.0. The zero-order chi connectivity index (χ0) is 21.6. The SMILES string of the molecule is N[C@H](Cc1cc(F)c(F)cc1F)[C@@H]1C[C@H]2CC[C@@H](C1)N2C(=O)CNC(=O)C1(O)CC1. The topological polar surface area (TPSA) is 95.7 Å². The molecule has 0 unspecified atom stereocenters. The molecule has 4 rings (SSSR count). The highest BCUT2D eigenvalue weighted by atomic mass is 19.2. The molecule has 1 aromatic rings. The van der Waals surface area contributed by atoms with E-state index in [1.165, 1.54) is 0 Å². The van der Waals surface area contributed by atoms with Crippen LogP contribution in [0.25, 0.3) is 0 Å². The fourth-order valence-electron chi connectivity index (χ4n) is 4.87. The highest BCUT2D eigenvalue weighted by molar-refractivity contribution is 5.91. The van der Waals surface area contributed by atoms with Gasteiger partial charge in [-0.2, -0.15) is 0 Å². The first-order valence-corrected chi connectivity index (χ1v) is 10.4. The molecule has 2 aliphatic heterocycles. The number of aliphatic hydroxyl groups is 1. The van der Waals surface area contributed by atoms with Gasteiger partial charge in [0.2, 0.25) is 5.91 Å². The number of halogens is 3. The summed E-state index contributed by atoms with van der Waals surface area (Å²) in [6, 6.07) is 0.933. The van der Waals surface area contributed by atoms with Gasteiger partial charge in [-0.1, -0.05) is 0 Å². The lowest BCUT2D eigenvalue weighted by molar-refractivity contribution is -0.139. The molecular weight excluding hydrogens is 399 g/mol. The lowest BCUT2D eigenvalue weighted by Gasteiger charge is -2.41. The van der Waals surface area contributed by atoms with E-state index in [9.17, 15) is 27.9 Å². The van der Waals surface area contributed by atoms with E-state index in [0.717, 1.165) is 18.9 Å². The Morgan fingerprint density at radius 1 is 1.13 bits per heavy atom. The van der Waals surface area contributed by atoms with Crippen molar-refractivity contribution in [1.29, 1.82) is 0 Å². The number of rotatable bonds is 6.